The van der Waals surface area contributed by atoms with Crippen LogP contribution in [0.1, 0.15) is 0 Å². The van der Waals surface area contributed by atoms with Crippen LogP contribution in [0.5, 0.6) is 5.75 Å². The predicted molar refractivity (Wildman–Crippen MR) is 68.5 cm³/mol. The topological polar surface area (TPSA) is 123 Å². The zero-order chi connectivity index (χ0) is 13.8. The number of nitrogens with zero attached hydrogens (tertiary/aromatic N) is 1. The van der Waals surface area contributed by atoms with E-state index in [0.717, 1.165) is 10.9 Å². The highest BCUT2D eigenvalue weighted by Gasteiger charge is 2.13. The van der Waals surface area contributed by atoms with Crippen molar-refractivity contribution in [2.24, 2.45) is 11.6 Å². The molecule has 2 rings (SSSR count). The van der Waals surface area contributed by atoms with Gasteiger partial charge in [-0.2, -0.15) is 0 Å². The minimum Gasteiger partial charge on any atom is -0.476 e. The van der Waals surface area contributed by atoms with Crippen LogP contribution >= 0.6 is 0 Å². The van der Waals surface area contributed by atoms with E-state index in [4.69, 9.17) is 21.4 Å². The van der Waals surface area contributed by atoms with Gasteiger partial charge in [0.2, 0.25) is 5.88 Å². The SMILES string of the molecule is NN/C(C(=O)O)=C(\N)Oc1ccc2ncccc2c1. The van der Waals surface area contributed by atoms with Crippen LogP contribution in [0.2, 0.25) is 0 Å². The van der Waals surface area contributed by atoms with Crippen molar-refractivity contribution in [1.29, 1.82) is 0 Å². The van der Waals surface area contributed by atoms with Crippen molar-refractivity contribution < 1.29 is 14.6 Å². The minimum atomic E-state index is -1.30. The molecule has 2 aromatic rings. The van der Waals surface area contributed by atoms with Crippen molar-refractivity contribution in [3.8, 4) is 5.75 Å². The second-order valence-electron chi connectivity index (χ2n) is 3.65. The normalized spacial score (nSPS) is 11.8. The highest BCUT2D eigenvalue weighted by Crippen LogP contribution is 2.20. The van der Waals surface area contributed by atoms with Gasteiger partial charge < -0.3 is 21.0 Å². The van der Waals surface area contributed by atoms with E-state index in [1.165, 1.54) is 0 Å². The summed E-state index contributed by atoms with van der Waals surface area (Å²) in [6.07, 6.45) is 1.68. The molecule has 7 heteroatoms. The summed E-state index contributed by atoms with van der Waals surface area (Å²) in [6.45, 7) is 0. The molecular weight excluding hydrogens is 248 g/mol. The first-order chi connectivity index (χ1) is 9.11. The van der Waals surface area contributed by atoms with Crippen LogP contribution in [0.15, 0.2) is 48.1 Å². The van der Waals surface area contributed by atoms with E-state index in [1.807, 2.05) is 11.5 Å². The molecule has 0 saturated heterocycles. The molecule has 0 aliphatic heterocycles. The Morgan fingerprint density at radius 2 is 2.16 bits per heavy atom. The van der Waals surface area contributed by atoms with Gasteiger partial charge in [0, 0.05) is 11.6 Å². The number of nitrogens with two attached hydrogens (primary N) is 2. The largest absolute Gasteiger partial charge is 0.476 e. The molecule has 0 bridgehead atoms. The van der Waals surface area contributed by atoms with Crippen LogP contribution in [0.3, 0.4) is 0 Å². The van der Waals surface area contributed by atoms with Gasteiger partial charge in [0.25, 0.3) is 0 Å². The molecule has 0 saturated carbocycles. The lowest BCUT2D eigenvalue weighted by molar-refractivity contribution is -0.133. The standard InChI is InChI=1S/C12H12N4O3/c13-11(10(16-14)12(17)18)19-8-3-4-9-7(6-8)2-1-5-15-9/h1-6,16H,13-14H2,(H,17,18)/b11-10+. The summed E-state index contributed by atoms with van der Waals surface area (Å²) in [5.74, 6) is 3.83. The number of rotatable bonds is 4. The van der Waals surface area contributed by atoms with Gasteiger partial charge in [-0.15, -0.1) is 0 Å². The van der Waals surface area contributed by atoms with E-state index in [9.17, 15) is 4.79 Å². The average Bonchev–Trinajstić information content (AvgIpc) is 2.39. The average molecular weight is 260 g/mol. The molecule has 0 radical (unpaired) electrons. The first-order valence-electron chi connectivity index (χ1n) is 5.34. The Balaban J connectivity index is 2.33. The van der Waals surface area contributed by atoms with Gasteiger partial charge in [0.15, 0.2) is 5.70 Å². The van der Waals surface area contributed by atoms with Gasteiger partial charge in [-0.3, -0.25) is 10.8 Å². The van der Waals surface area contributed by atoms with Crippen molar-refractivity contribution in [2.45, 2.75) is 0 Å². The summed E-state index contributed by atoms with van der Waals surface area (Å²) >= 11 is 0. The third-order valence-electron chi connectivity index (χ3n) is 2.41. The maximum Gasteiger partial charge on any atom is 0.358 e. The number of carboxylic acid groups (broad SMARTS) is 1. The van der Waals surface area contributed by atoms with Gasteiger partial charge in [-0.05, 0) is 24.3 Å². The molecular formula is C12H12N4O3. The Morgan fingerprint density at radius 3 is 2.84 bits per heavy atom. The van der Waals surface area contributed by atoms with E-state index >= 15 is 0 Å². The third-order valence-corrected chi connectivity index (χ3v) is 2.41. The fraction of sp³-hybridized carbons (Fsp3) is 0. The van der Waals surface area contributed by atoms with Gasteiger partial charge in [-0.25, -0.2) is 4.79 Å². The smallest absolute Gasteiger partial charge is 0.358 e. The van der Waals surface area contributed by atoms with Crippen LogP contribution in [0.4, 0.5) is 0 Å². The lowest BCUT2D eigenvalue weighted by Crippen LogP contribution is -2.31. The number of carbonyl (C=O) groups is 1. The molecule has 0 aliphatic rings. The molecule has 0 atom stereocenters. The molecule has 1 heterocycles. The lowest BCUT2D eigenvalue weighted by atomic mass is 10.2. The summed E-state index contributed by atoms with van der Waals surface area (Å²) in [7, 11) is 0. The number of ether oxygens (including phenoxy) is 1. The molecule has 1 aromatic carbocycles. The second-order valence-corrected chi connectivity index (χ2v) is 3.65. The summed E-state index contributed by atoms with van der Waals surface area (Å²) in [4.78, 5) is 15.0. The minimum absolute atomic E-state index is 0.321. The van der Waals surface area contributed by atoms with Crippen LogP contribution in [0, 0.1) is 0 Å². The van der Waals surface area contributed by atoms with Gasteiger partial charge in [0.05, 0.1) is 5.52 Å². The molecule has 7 nitrogen and oxygen atoms in total. The van der Waals surface area contributed by atoms with E-state index in [1.54, 1.807) is 30.5 Å². The van der Waals surface area contributed by atoms with E-state index in [0.29, 0.717) is 5.75 Å². The Kier molecular flexibility index (Phi) is 3.48. The number of fused-ring (bicyclic) bond motifs is 1. The van der Waals surface area contributed by atoms with Crippen molar-refractivity contribution in [3.05, 3.63) is 48.1 Å². The predicted octanol–water partition coefficient (Wildman–Crippen LogP) is 0.289. The lowest BCUT2D eigenvalue weighted by Gasteiger charge is -2.09. The van der Waals surface area contributed by atoms with Crippen LogP contribution in [-0.2, 0) is 4.79 Å². The van der Waals surface area contributed by atoms with Crippen LogP contribution in [-0.4, -0.2) is 16.1 Å². The number of aliphatic carboxylic acids is 1. The first kappa shape index (κ1) is 12.7. The van der Waals surface area contributed by atoms with Crippen LogP contribution < -0.4 is 21.7 Å². The molecule has 6 N–H and O–H groups in total. The van der Waals surface area contributed by atoms with Crippen molar-refractivity contribution in [3.63, 3.8) is 0 Å². The van der Waals surface area contributed by atoms with Gasteiger partial charge in [0.1, 0.15) is 5.75 Å². The quantitative estimate of drug-likeness (QED) is 0.269. The fourth-order valence-electron chi connectivity index (χ4n) is 1.53. The molecule has 0 amide bonds. The van der Waals surface area contributed by atoms with Crippen LogP contribution in [0.25, 0.3) is 10.9 Å². The molecule has 0 unspecified atom stereocenters. The molecule has 19 heavy (non-hydrogen) atoms. The number of carboxylic acids is 1. The van der Waals surface area contributed by atoms with E-state index in [-0.39, 0.29) is 5.88 Å². The fourth-order valence-corrected chi connectivity index (χ4v) is 1.53. The summed E-state index contributed by atoms with van der Waals surface area (Å²) < 4.78 is 5.24. The van der Waals surface area contributed by atoms with Gasteiger partial charge >= 0.3 is 5.97 Å². The zero-order valence-electron chi connectivity index (χ0n) is 9.83. The highest BCUT2D eigenvalue weighted by molar-refractivity contribution is 5.86. The summed E-state index contributed by atoms with van der Waals surface area (Å²) in [5.41, 5.74) is 7.89. The number of nitrogens with one attached hydrogen (secondary N) is 1. The van der Waals surface area contributed by atoms with E-state index < -0.39 is 11.7 Å². The maximum atomic E-state index is 10.8. The highest BCUT2D eigenvalue weighted by atomic mass is 16.5. The first-order valence-corrected chi connectivity index (χ1v) is 5.34. The summed E-state index contributed by atoms with van der Waals surface area (Å²) in [5, 5.41) is 9.68. The number of pyridine rings is 1. The summed E-state index contributed by atoms with van der Waals surface area (Å²) in [6, 6.07) is 8.72. The third kappa shape index (κ3) is 2.72. The number of benzene rings is 1. The number of hydrogen-bond donors (Lipinski definition) is 4. The Labute approximate surface area is 108 Å². The maximum absolute atomic E-state index is 10.8. The molecule has 0 aliphatic carbocycles. The Morgan fingerprint density at radius 1 is 1.37 bits per heavy atom. The second kappa shape index (κ2) is 5.23. The number of hydrazine groups is 1. The Hall–Kier alpha value is -2.80. The van der Waals surface area contributed by atoms with Crippen molar-refractivity contribution >= 4 is 16.9 Å². The monoisotopic (exact) mass is 260 g/mol. The van der Waals surface area contributed by atoms with Crippen molar-refractivity contribution in [2.75, 3.05) is 0 Å². The molecule has 0 fully saturated rings. The number of hydrogen-bond acceptors (Lipinski definition) is 6. The zero-order valence-corrected chi connectivity index (χ0v) is 9.83. The molecule has 1 aromatic heterocycles. The Bertz CT molecular complexity index is 654. The van der Waals surface area contributed by atoms with Crippen molar-refractivity contribution in [1.82, 2.24) is 10.4 Å². The molecule has 98 valence electrons. The van der Waals surface area contributed by atoms with Gasteiger partial charge in [-0.1, -0.05) is 6.07 Å². The van der Waals surface area contributed by atoms with E-state index in [2.05, 4.69) is 4.98 Å². The molecule has 0 spiro atoms. The number of aromatic nitrogens is 1.